The smallest absolute Gasteiger partial charge is 0.434 e. The van der Waals surface area contributed by atoms with Crippen LogP contribution < -0.4 is 15.1 Å². The Kier molecular flexibility index (Phi) is 3.55. The van der Waals surface area contributed by atoms with E-state index in [-0.39, 0.29) is 47.4 Å². The van der Waals surface area contributed by atoms with Crippen LogP contribution in [0.4, 0.5) is 0 Å². The first-order valence-corrected chi connectivity index (χ1v) is 8.18. The minimum absolute atomic E-state index is 0.0159. The van der Waals surface area contributed by atoms with Gasteiger partial charge in [-0.1, -0.05) is 18.3 Å². The van der Waals surface area contributed by atoms with E-state index in [0.29, 0.717) is 25.1 Å². The van der Waals surface area contributed by atoms with Gasteiger partial charge in [0.1, 0.15) is 24.0 Å². The van der Waals surface area contributed by atoms with Crippen molar-refractivity contribution in [3.05, 3.63) is 23.3 Å². The largest absolute Gasteiger partial charge is 0.669 e. The van der Waals surface area contributed by atoms with E-state index in [1.165, 1.54) is 0 Å². The Balaban J connectivity index is 1.58. The highest BCUT2D eigenvalue weighted by molar-refractivity contribution is 6.62. The molecule has 1 saturated carbocycles. The van der Waals surface area contributed by atoms with Crippen LogP contribution in [0.25, 0.3) is 0 Å². The number of hydrogen-bond acceptors (Lipinski definition) is 7. The molecule has 1 amide bonds. The number of aromatic carboxylic acids is 1. The molecule has 9 nitrogen and oxygen atoms in total. The summed E-state index contributed by atoms with van der Waals surface area (Å²) in [6.07, 6.45) is 0.321. The van der Waals surface area contributed by atoms with E-state index in [1.807, 2.05) is 4.90 Å². The van der Waals surface area contributed by atoms with Crippen molar-refractivity contribution in [3.63, 3.8) is 0 Å². The Hall–Kier alpha value is -2.14. The number of carboxylic acids is 1. The third-order valence-corrected chi connectivity index (χ3v) is 5.07. The van der Waals surface area contributed by atoms with E-state index in [4.69, 9.17) is 9.39 Å². The van der Waals surface area contributed by atoms with Crippen LogP contribution in [0.15, 0.2) is 12.1 Å². The summed E-state index contributed by atoms with van der Waals surface area (Å²) in [7, 11) is 0. The molecule has 2 atom stereocenters. The first kappa shape index (κ1) is 16.3. The molecule has 1 aromatic carbocycles. The van der Waals surface area contributed by atoms with E-state index >= 15 is 0 Å². The Morgan fingerprint density at radius 1 is 1.36 bits per heavy atom. The molecule has 0 spiro atoms. The van der Waals surface area contributed by atoms with Gasteiger partial charge in [0.25, 0.3) is 0 Å². The molecule has 0 aromatic heterocycles. The molecular formula is C15H19BN2O7. The highest BCUT2D eigenvalue weighted by atomic mass is 16.6. The van der Waals surface area contributed by atoms with Gasteiger partial charge >= 0.3 is 18.6 Å². The van der Waals surface area contributed by atoms with Gasteiger partial charge in [-0.3, -0.25) is 10.6 Å². The van der Waals surface area contributed by atoms with Crippen LogP contribution in [0, 0.1) is 0 Å². The zero-order valence-electron chi connectivity index (χ0n) is 13.4. The molecule has 2 heterocycles. The first-order chi connectivity index (χ1) is 11.8. The lowest BCUT2D eigenvalue weighted by Crippen LogP contribution is -2.65. The van der Waals surface area contributed by atoms with Crippen molar-refractivity contribution in [1.29, 1.82) is 0 Å². The Morgan fingerprint density at radius 3 is 2.72 bits per heavy atom. The van der Waals surface area contributed by atoms with Gasteiger partial charge in [0, 0.05) is 13.1 Å². The summed E-state index contributed by atoms with van der Waals surface area (Å²) in [4.78, 5) is 24.6. The number of carboxylic acid groups (broad SMARTS) is 1. The number of carbonyl (C=O) groups is 2. The summed E-state index contributed by atoms with van der Waals surface area (Å²) in [5.74, 6) is -1.79. The zero-order chi connectivity index (χ0) is 17.9. The fourth-order valence-electron chi connectivity index (χ4n) is 3.77. The highest BCUT2D eigenvalue weighted by Crippen LogP contribution is 2.63. The monoisotopic (exact) mass is 350 g/mol. The molecule has 0 bridgehead atoms. The van der Waals surface area contributed by atoms with Crippen molar-refractivity contribution in [2.45, 2.75) is 24.3 Å². The number of ether oxygens (including phenoxy) is 1. The van der Waals surface area contributed by atoms with Crippen LogP contribution in [0.3, 0.4) is 0 Å². The molecule has 10 heteroatoms. The van der Waals surface area contributed by atoms with Gasteiger partial charge in [-0.2, -0.15) is 0 Å². The molecule has 2 fully saturated rings. The number of quaternary nitrogens is 1. The van der Waals surface area contributed by atoms with E-state index in [9.17, 15) is 24.7 Å². The molecule has 2 aliphatic heterocycles. The maximum atomic E-state index is 11.7. The molecule has 6 N–H and O–H groups in total. The summed E-state index contributed by atoms with van der Waals surface area (Å²) in [5, 5.41) is 29.6. The Morgan fingerprint density at radius 2 is 2.08 bits per heavy atom. The maximum Gasteiger partial charge on any atom is 0.434 e. The molecule has 1 aromatic rings. The minimum Gasteiger partial charge on any atom is -0.669 e. The van der Waals surface area contributed by atoms with Gasteiger partial charge in [0.15, 0.2) is 0 Å². The van der Waals surface area contributed by atoms with Gasteiger partial charge < -0.3 is 24.5 Å². The predicted octanol–water partition coefficient (Wildman–Crippen LogP) is -1.61. The minimum atomic E-state index is -3.06. The number of benzene rings is 1. The number of likely N-dealkylation sites (tertiary alicyclic amines) is 1. The van der Waals surface area contributed by atoms with Crippen LogP contribution in [-0.4, -0.2) is 64.4 Å². The van der Waals surface area contributed by atoms with Crippen molar-refractivity contribution in [3.8, 4) is 11.5 Å². The SMILES string of the molecule is [NH3+]C(=O)CN1CC(Oc2ccc3c(c2C(=O)O)O[B-](O)(O)[C@@H]2CC32)C1. The number of amides is 1. The number of rotatable bonds is 5. The molecular weight excluding hydrogens is 331 g/mol. The standard InChI is InChI=1S/C15H18BN2O7/c17-12(19)6-18-4-7(5-18)24-11-2-1-8-9-3-10(9)16(22,23)25-14(8)13(11)15(20)21/h1-2,7,9-10,22-23H,3-6H2,(H2,17,19)(H,20,21)/q-1/p+1/t9?,10-/m1/s1. The third-order valence-electron chi connectivity index (χ3n) is 5.07. The van der Waals surface area contributed by atoms with Gasteiger partial charge in [-0.15, -0.1) is 0 Å². The van der Waals surface area contributed by atoms with Gasteiger partial charge in [-0.25, -0.2) is 9.59 Å². The summed E-state index contributed by atoms with van der Waals surface area (Å²) < 4.78 is 11.0. The third kappa shape index (κ3) is 2.76. The second-order valence-corrected chi connectivity index (χ2v) is 7.02. The second kappa shape index (κ2) is 5.43. The fourth-order valence-corrected chi connectivity index (χ4v) is 3.77. The van der Waals surface area contributed by atoms with E-state index < -0.39 is 12.7 Å². The summed E-state index contributed by atoms with van der Waals surface area (Å²) in [6, 6.07) is 3.31. The number of nitrogens with zero attached hydrogens (tertiary/aromatic N) is 1. The second-order valence-electron chi connectivity index (χ2n) is 7.02. The first-order valence-electron chi connectivity index (χ1n) is 8.18. The van der Waals surface area contributed by atoms with Crippen LogP contribution in [0.1, 0.15) is 28.3 Å². The van der Waals surface area contributed by atoms with Crippen molar-refractivity contribution in [2.24, 2.45) is 0 Å². The maximum absolute atomic E-state index is 11.7. The molecule has 1 aliphatic carbocycles. The summed E-state index contributed by atoms with van der Waals surface area (Å²) in [5.41, 5.74) is 3.80. The average Bonchev–Trinajstić information content (AvgIpc) is 3.25. The van der Waals surface area contributed by atoms with Gasteiger partial charge in [-0.05, 0) is 17.5 Å². The molecule has 0 radical (unpaired) electrons. The van der Waals surface area contributed by atoms with Crippen molar-refractivity contribution in [2.75, 3.05) is 19.6 Å². The van der Waals surface area contributed by atoms with Crippen LogP contribution in [-0.2, 0) is 4.79 Å². The molecule has 25 heavy (non-hydrogen) atoms. The quantitative estimate of drug-likeness (QED) is 0.464. The van der Waals surface area contributed by atoms with Crippen LogP contribution in [0.5, 0.6) is 11.5 Å². The van der Waals surface area contributed by atoms with Crippen molar-refractivity contribution < 1.29 is 39.9 Å². The highest BCUT2D eigenvalue weighted by Gasteiger charge is 2.55. The topological polar surface area (TPSA) is 144 Å². The normalized spacial score (nSPS) is 26.7. The molecule has 4 rings (SSSR count). The van der Waals surface area contributed by atoms with E-state index in [2.05, 4.69) is 5.73 Å². The number of hydrogen-bond donors (Lipinski definition) is 4. The van der Waals surface area contributed by atoms with Gasteiger partial charge in [0.05, 0.1) is 5.75 Å². The summed E-state index contributed by atoms with van der Waals surface area (Å²) in [6.45, 7) is -1.82. The average molecular weight is 350 g/mol. The van der Waals surface area contributed by atoms with Gasteiger partial charge in [0.2, 0.25) is 0 Å². The van der Waals surface area contributed by atoms with Crippen molar-refractivity contribution in [1.82, 2.24) is 4.90 Å². The molecule has 3 aliphatic rings. The van der Waals surface area contributed by atoms with E-state index in [1.54, 1.807) is 12.1 Å². The lowest BCUT2D eigenvalue weighted by molar-refractivity contribution is -0.307. The predicted molar refractivity (Wildman–Crippen MR) is 84.1 cm³/mol. The lowest BCUT2D eigenvalue weighted by atomic mass is 9.68. The zero-order valence-corrected chi connectivity index (χ0v) is 13.4. The van der Waals surface area contributed by atoms with Crippen molar-refractivity contribution >= 4 is 18.6 Å². The van der Waals surface area contributed by atoms with E-state index in [0.717, 1.165) is 0 Å². The lowest BCUT2D eigenvalue weighted by Gasteiger charge is -2.39. The van der Waals surface area contributed by atoms with Crippen LogP contribution >= 0.6 is 0 Å². The number of fused-ring (bicyclic) bond motifs is 3. The fraction of sp³-hybridized carbons (Fsp3) is 0.467. The van der Waals surface area contributed by atoms with Crippen LogP contribution in [0.2, 0.25) is 5.82 Å². The summed E-state index contributed by atoms with van der Waals surface area (Å²) >= 11 is 0. The molecule has 1 saturated heterocycles. The Labute approximate surface area is 142 Å². The molecule has 134 valence electrons. The number of carbonyl (C=O) groups excluding carboxylic acids is 1. The molecule has 1 unspecified atom stereocenters. The Bertz CT molecular complexity index is 762.